The van der Waals surface area contributed by atoms with Crippen molar-refractivity contribution in [3.63, 3.8) is 0 Å². The van der Waals surface area contributed by atoms with Crippen molar-refractivity contribution in [2.24, 2.45) is 0 Å². The molecule has 2 aromatic rings. The van der Waals surface area contributed by atoms with Crippen LogP contribution in [0.15, 0.2) is 48.6 Å². The predicted molar refractivity (Wildman–Crippen MR) is 162 cm³/mol. The van der Waals surface area contributed by atoms with Crippen molar-refractivity contribution in [1.29, 1.82) is 0 Å². The highest BCUT2D eigenvalue weighted by atomic mass is 35.5. The number of aryl methyl sites for hydroxylation is 1. The maximum absolute atomic E-state index is 12.0. The van der Waals surface area contributed by atoms with Gasteiger partial charge in [-0.3, -0.25) is 4.79 Å². The third-order valence-electron chi connectivity index (χ3n) is 6.89. The summed E-state index contributed by atoms with van der Waals surface area (Å²) in [6, 6.07) is 11.4. The van der Waals surface area contributed by atoms with E-state index in [0.717, 1.165) is 55.2 Å². The molecule has 1 heterocycles. The minimum Gasteiger partial charge on any atom is -0.491 e. The van der Waals surface area contributed by atoms with Crippen molar-refractivity contribution in [1.82, 2.24) is 4.90 Å². The maximum atomic E-state index is 12.0. The van der Waals surface area contributed by atoms with Gasteiger partial charge in [-0.25, -0.2) is 4.79 Å². The zero-order valence-corrected chi connectivity index (χ0v) is 25.5. The summed E-state index contributed by atoms with van der Waals surface area (Å²) in [4.78, 5) is 27.3. The summed E-state index contributed by atoms with van der Waals surface area (Å²) < 4.78 is 11.0. The molecular formula is C32H45ClN2O5. The number of allylic oxidation sites excluding steroid dienone is 1. The molecule has 0 bridgehead atoms. The van der Waals surface area contributed by atoms with Gasteiger partial charge in [0.15, 0.2) is 6.10 Å². The Morgan fingerprint density at radius 2 is 1.98 bits per heavy atom. The molecule has 40 heavy (non-hydrogen) atoms. The number of hydrogen-bond acceptors (Lipinski definition) is 6. The Balaban J connectivity index is 0.00000274. The number of carbonyl (C=O) groups is 2. The lowest BCUT2D eigenvalue weighted by molar-refractivity contribution is -0.150. The predicted octanol–water partition coefficient (Wildman–Crippen LogP) is 6.32. The lowest BCUT2D eigenvalue weighted by Gasteiger charge is -2.28. The number of benzene rings is 2. The van der Waals surface area contributed by atoms with E-state index in [1.807, 2.05) is 38.1 Å². The van der Waals surface area contributed by atoms with E-state index >= 15 is 0 Å². The van der Waals surface area contributed by atoms with Crippen molar-refractivity contribution in [3.05, 3.63) is 70.3 Å². The zero-order chi connectivity index (χ0) is 29.7. The number of fused-ring (bicyclic) bond motifs is 1. The SMILES string of the molecule is CC.CCCc1cc(Cl)ccc1C1COc2ccc(C(O)C(=O)OC)cc2N(CCC/C=C/CN(C)C(C)=O)C1. The largest absolute Gasteiger partial charge is 0.491 e. The van der Waals surface area contributed by atoms with E-state index < -0.39 is 12.1 Å². The van der Waals surface area contributed by atoms with E-state index in [1.165, 1.54) is 18.2 Å². The normalized spacial score (nSPS) is 15.3. The van der Waals surface area contributed by atoms with Gasteiger partial charge in [-0.2, -0.15) is 0 Å². The fraction of sp³-hybridized carbons (Fsp3) is 0.500. The maximum Gasteiger partial charge on any atom is 0.339 e. The summed E-state index contributed by atoms with van der Waals surface area (Å²) in [6.45, 7) is 10.3. The van der Waals surface area contributed by atoms with Gasteiger partial charge in [0.05, 0.1) is 19.4 Å². The molecule has 0 saturated heterocycles. The fourth-order valence-electron chi connectivity index (χ4n) is 4.67. The average Bonchev–Trinajstić information content (AvgIpc) is 3.14. The second-order valence-corrected chi connectivity index (χ2v) is 10.1. The molecule has 0 saturated carbocycles. The number of carbonyl (C=O) groups excluding carboxylic acids is 2. The molecule has 8 heteroatoms. The number of amides is 1. The summed E-state index contributed by atoms with van der Waals surface area (Å²) in [5.41, 5.74) is 3.78. The van der Waals surface area contributed by atoms with Crippen LogP contribution in [0.3, 0.4) is 0 Å². The van der Waals surface area contributed by atoms with Gasteiger partial charge in [0, 0.05) is 44.5 Å². The molecule has 0 aromatic heterocycles. The highest BCUT2D eigenvalue weighted by Gasteiger charge is 2.28. The molecule has 0 radical (unpaired) electrons. The summed E-state index contributed by atoms with van der Waals surface area (Å²) in [6.07, 6.45) is 6.45. The number of hydrogen-bond donors (Lipinski definition) is 1. The molecular weight excluding hydrogens is 528 g/mol. The van der Waals surface area contributed by atoms with Crippen LogP contribution >= 0.6 is 11.6 Å². The second-order valence-electron chi connectivity index (χ2n) is 9.71. The number of rotatable bonds is 11. The molecule has 3 rings (SSSR count). The number of aliphatic hydroxyl groups is 1. The van der Waals surface area contributed by atoms with Crippen LogP contribution in [0.25, 0.3) is 0 Å². The molecule has 2 atom stereocenters. The Morgan fingerprint density at radius 1 is 1.23 bits per heavy atom. The lowest BCUT2D eigenvalue weighted by Crippen LogP contribution is -2.30. The first-order valence-electron chi connectivity index (χ1n) is 14.2. The van der Waals surface area contributed by atoms with Gasteiger partial charge < -0.3 is 24.4 Å². The number of esters is 1. The molecule has 1 aliphatic heterocycles. The molecule has 1 aliphatic rings. The molecule has 0 fully saturated rings. The van der Waals surface area contributed by atoms with Crippen molar-refractivity contribution < 1.29 is 24.2 Å². The Kier molecular flexibility index (Phi) is 14.0. The summed E-state index contributed by atoms with van der Waals surface area (Å²) in [7, 11) is 3.04. The zero-order valence-electron chi connectivity index (χ0n) is 24.8. The van der Waals surface area contributed by atoms with Crippen LogP contribution in [-0.4, -0.2) is 62.3 Å². The Bertz CT molecular complexity index is 1140. The first-order valence-corrected chi connectivity index (χ1v) is 14.6. The van der Waals surface area contributed by atoms with E-state index in [9.17, 15) is 14.7 Å². The van der Waals surface area contributed by atoms with E-state index in [4.69, 9.17) is 21.1 Å². The van der Waals surface area contributed by atoms with Gasteiger partial charge in [0.1, 0.15) is 5.75 Å². The van der Waals surface area contributed by atoms with Gasteiger partial charge in [-0.15, -0.1) is 0 Å². The van der Waals surface area contributed by atoms with Gasteiger partial charge in [-0.1, -0.05) is 63.1 Å². The van der Waals surface area contributed by atoms with Crippen LogP contribution in [0.1, 0.15) is 75.7 Å². The van der Waals surface area contributed by atoms with Gasteiger partial charge in [0.25, 0.3) is 0 Å². The summed E-state index contributed by atoms with van der Waals surface area (Å²) in [5.74, 6) is 0.180. The van der Waals surface area contributed by atoms with Crippen LogP contribution in [0, 0.1) is 0 Å². The minimum absolute atomic E-state index is 0.0384. The van der Waals surface area contributed by atoms with E-state index in [-0.39, 0.29) is 11.8 Å². The molecule has 0 spiro atoms. The van der Waals surface area contributed by atoms with Crippen molar-refractivity contribution in [2.75, 3.05) is 45.3 Å². The molecule has 7 nitrogen and oxygen atoms in total. The van der Waals surface area contributed by atoms with Crippen molar-refractivity contribution in [2.45, 2.75) is 65.4 Å². The standard InChI is InChI=1S/C30H39ClN2O5.C2H6/c1-5-10-22-17-25(31)12-13-26(22)24-19-33(16-9-7-6-8-15-32(3)21(2)34)27-18-23(29(35)30(36)37-4)11-14-28(27)38-20-24;1-2/h6,8,11-14,17-18,24,29,35H,5,7,9-10,15-16,19-20H2,1-4H3;1-2H3/b8-6+;. The Labute approximate surface area is 244 Å². The number of methoxy groups -OCH3 is 1. The molecule has 1 N–H and O–H groups in total. The van der Waals surface area contributed by atoms with Gasteiger partial charge in [0.2, 0.25) is 5.91 Å². The number of aliphatic hydroxyl groups excluding tert-OH is 1. The summed E-state index contributed by atoms with van der Waals surface area (Å²) >= 11 is 6.33. The van der Waals surface area contributed by atoms with E-state index in [1.54, 1.807) is 24.9 Å². The highest BCUT2D eigenvalue weighted by Crippen LogP contribution is 2.38. The number of anilines is 1. The number of nitrogens with zero attached hydrogens (tertiary/aromatic N) is 2. The number of halogens is 1. The molecule has 220 valence electrons. The molecule has 1 amide bonds. The lowest BCUT2D eigenvalue weighted by atomic mass is 9.92. The first kappa shape index (κ1) is 33.2. The smallest absolute Gasteiger partial charge is 0.339 e. The second kappa shape index (κ2) is 16.9. The van der Waals surface area contributed by atoms with E-state index in [2.05, 4.69) is 30.0 Å². The molecule has 2 aromatic carbocycles. The molecule has 0 aliphatic carbocycles. The van der Waals surface area contributed by atoms with Gasteiger partial charge in [-0.05, 0) is 60.2 Å². The number of likely N-dealkylation sites (N-methyl/N-ethyl adjacent to an activating group) is 1. The van der Waals surface area contributed by atoms with Crippen molar-refractivity contribution in [3.8, 4) is 5.75 Å². The average molecular weight is 573 g/mol. The highest BCUT2D eigenvalue weighted by molar-refractivity contribution is 6.30. The monoisotopic (exact) mass is 572 g/mol. The van der Waals surface area contributed by atoms with Crippen LogP contribution in [-0.2, 0) is 20.7 Å². The van der Waals surface area contributed by atoms with Crippen LogP contribution in [0.2, 0.25) is 5.02 Å². The number of ether oxygens (including phenoxy) is 2. The third kappa shape index (κ3) is 9.27. The molecule has 2 unspecified atom stereocenters. The topological polar surface area (TPSA) is 79.3 Å². The van der Waals surface area contributed by atoms with E-state index in [0.29, 0.717) is 18.7 Å². The first-order chi connectivity index (χ1) is 19.2. The quantitative estimate of drug-likeness (QED) is 0.193. The van der Waals surface area contributed by atoms with Gasteiger partial charge >= 0.3 is 5.97 Å². The van der Waals surface area contributed by atoms with Crippen LogP contribution < -0.4 is 9.64 Å². The van der Waals surface area contributed by atoms with Crippen LogP contribution in [0.4, 0.5) is 5.69 Å². The summed E-state index contributed by atoms with van der Waals surface area (Å²) in [5, 5.41) is 11.2. The number of unbranched alkanes of at least 4 members (excludes halogenated alkanes) is 1. The van der Waals surface area contributed by atoms with Crippen molar-refractivity contribution >= 4 is 29.2 Å². The fourth-order valence-corrected chi connectivity index (χ4v) is 4.86. The Morgan fingerprint density at radius 3 is 2.65 bits per heavy atom. The van der Waals surface area contributed by atoms with Crippen LogP contribution in [0.5, 0.6) is 5.75 Å². The Hall–Kier alpha value is -3.03. The third-order valence-corrected chi connectivity index (χ3v) is 7.13. The minimum atomic E-state index is -1.36.